The SMILES string of the molecule is O=C(CN1CCCCC1)N1N=C(c2ccccc2Cl)CC1c1cccc(F)c1. The van der Waals surface area contributed by atoms with Crippen LogP contribution in [0.4, 0.5) is 4.39 Å². The van der Waals surface area contributed by atoms with Gasteiger partial charge in [-0.2, -0.15) is 5.10 Å². The third-order valence-corrected chi connectivity index (χ3v) is 5.72. The zero-order valence-electron chi connectivity index (χ0n) is 15.7. The van der Waals surface area contributed by atoms with Crippen LogP contribution in [-0.4, -0.2) is 41.2 Å². The number of hydrogen-bond acceptors (Lipinski definition) is 3. The molecule has 0 saturated carbocycles. The van der Waals surface area contributed by atoms with E-state index in [1.807, 2.05) is 30.3 Å². The Morgan fingerprint density at radius 1 is 1.11 bits per heavy atom. The Morgan fingerprint density at radius 2 is 1.89 bits per heavy atom. The number of rotatable bonds is 4. The van der Waals surface area contributed by atoms with Gasteiger partial charge in [-0.3, -0.25) is 9.69 Å². The van der Waals surface area contributed by atoms with E-state index in [4.69, 9.17) is 11.6 Å². The van der Waals surface area contributed by atoms with Gasteiger partial charge in [0.05, 0.1) is 18.3 Å². The van der Waals surface area contributed by atoms with Crippen molar-refractivity contribution in [2.24, 2.45) is 5.10 Å². The zero-order valence-corrected chi connectivity index (χ0v) is 16.4. The number of amides is 1. The van der Waals surface area contributed by atoms with Crippen LogP contribution in [0.2, 0.25) is 5.02 Å². The molecule has 4 nitrogen and oxygen atoms in total. The molecule has 6 heteroatoms. The summed E-state index contributed by atoms with van der Waals surface area (Å²) >= 11 is 6.35. The molecule has 0 bridgehead atoms. The van der Waals surface area contributed by atoms with Crippen molar-refractivity contribution < 1.29 is 9.18 Å². The molecule has 1 saturated heterocycles. The van der Waals surface area contributed by atoms with E-state index >= 15 is 0 Å². The molecule has 0 aliphatic carbocycles. The molecule has 2 aromatic carbocycles. The Balaban J connectivity index is 1.63. The average Bonchev–Trinajstić information content (AvgIpc) is 3.14. The summed E-state index contributed by atoms with van der Waals surface area (Å²) in [5.74, 6) is -0.370. The summed E-state index contributed by atoms with van der Waals surface area (Å²) in [5.41, 5.74) is 2.32. The molecule has 0 radical (unpaired) electrons. The molecule has 2 aliphatic heterocycles. The van der Waals surface area contributed by atoms with Crippen LogP contribution in [0, 0.1) is 5.82 Å². The molecule has 0 spiro atoms. The number of hydrazone groups is 1. The topological polar surface area (TPSA) is 35.9 Å². The third kappa shape index (κ3) is 4.10. The van der Waals surface area contributed by atoms with Crippen LogP contribution in [0.15, 0.2) is 53.6 Å². The standard InChI is InChI=1S/C22H23ClFN3O/c23-19-10-3-2-9-18(19)20-14-21(16-7-6-8-17(24)13-16)27(25-20)22(28)15-26-11-4-1-5-12-26/h2-3,6-10,13,21H,1,4-5,11-12,14-15H2. The van der Waals surface area contributed by atoms with Gasteiger partial charge < -0.3 is 0 Å². The summed E-state index contributed by atoms with van der Waals surface area (Å²) < 4.78 is 13.8. The first-order valence-electron chi connectivity index (χ1n) is 9.74. The predicted molar refractivity (Wildman–Crippen MR) is 109 cm³/mol. The molecule has 0 aromatic heterocycles. The zero-order chi connectivity index (χ0) is 19.5. The normalized spacial score (nSPS) is 20.3. The van der Waals surface area contributed by atoms with E-state index in [2.05, 4.69) is 10.0 Å². The first kappa shape index (κ1) is 19.1. The highest BCUT2D eigenvalue weighted by atomic mass is 35.5. The van der Waals surface area contributed by atoms with Gasteiger partial charge in [0.1, 0.15) is 5.82 Å². The number of carbonyl (C=O) groups is 1. The van der Waals surface area contributed by atoms with Gasteiger partial charge in [-0.25, -0.2) is 9.40 Å². The van der Waals surface area contributed by atoms with Crippen molar-refractivity contribution in [3.05, 3.63) is 70.5 Å². The Hall–Kier alpha value is -2.24. The predicted octanol–water partition coefficient (Wildman–Crippen LogP) is 4.64. The molecular weight excluding hydrogens is 377 g/mol. The van der Waals surface area contributed by atoms with E-state index in [-0.39, 0.29) is 17.8 Å². The summed E-state index contributed by atoms with van der Waals surface area (Å²) in [4.78, 5) is 15.3. The van der Waals surface area contributed by atoms with Crippen LogP contribution in [0.3, 0.4) is 0 Å². The molecule has 1 fully saturated rings. The van der Waals surface area contributed by atoms with Gasteiger partial charge in [-0.15, -0.1) is 0 Å². The Bertz CT molecular complexity index is 895. The van der Waals surface area contributed by atoms with Crippen molar-refractivity contribution in [1.82, 2.24) is 9.91 Å². The largest absolute Gasteiger partial charge is 0.294 e. The first-order chi connectivity index (χ1) is 13.6. The molecule has 2 aromatic rings. The summed E-state index contributed by atoms with van der Waals surface area (Å²) in [5, 5.41) is 6.77. The van der Waals surface area contributed by atoms with Crippen molar-refractivity contribution in [3.63, 3.8) is 0 Å². The highest BCUT2D eigenvalue weighted by molar-refractivity contribution is 6.34. The molecule has 2 heterocycles. The molecule has 1 unspecified atom stereocenters. The van der Waals surface area contributed by atoms with Crippen LogP contribution in [-0.2, 0) is 4.79 Å². The fraction of sp³-hybridized carbons (Fsp3) is 0.364. The molecule has 28 heavy (non-hydrogen) atoms. The molecular formula is C22H23ClFN3O. The van der Waals surface area contributed by atoms with Crippen LogP contribution < -0.4 is 0 Å². The maximum atomic E-state index is 13.8. The number of halogens is 2. The fourth-order valence-electron chi connectivity index (χ4n) is 3.95. The van der Waals surface area contributed by atoms with Gasteiger partial charge in [-0.05, 0) is 49.7 Å². The third-order valence-electron chi connectivity index (χ3n) is 5.39. The van der Waals surface area contributed by atoms with Crippen molar-refractivity contribution >= 4 is 23.2 Å². The fourth-order valence-corrected chi connectivity index (χ4v) is 4.20. The highest BCUT2D eigenvalue weighted by Gasteiger charge is 2.34. The number of hydrogen-bond donors (Lipinski definition) is 0. The van der Waals surface area contributed by atoms with Gasteiger partial charge in [0, 0.05) is 17.0 Å². The lowest BCUT2D eigenvalue weighted by Gasteiger charge is -2.29. The molecule has 2 aliphatic rings. The minimum atomic E-state index is -0.320. The second-order valence-corrected chi connectivity index (χ2v) is 7.78. The molecule has 4 rings (SSSR count). The van der Waals surface area contributed by atoms with Gasteiger partial charge in [0.2, 0.25) is 0 Å². The number of piperidine rings is 1. The quantitative estimate of drug-likeness (QED) is 0.750. The number of benzene rings is 2. The minimum absolute atomic E-state index is 0.0572. The lowest BCUT2D eigenvalue weighted by atomic mass is 9.98. The van der Waals surface area contributed by atoms with E-state index in [1.165, 1.54) is 23.6 Å². The van der Waals surface area contributed by atoms with Crippen LogP contribution >= 0.6 is 11.6 Å². The van der Waals surface area contributed by atoms with Crippen LogP contribution in [0.1, 0.15) is 42.9 Å². The van der Waals surface area contributed by atoms with Gasteiger partial charge >= 0.3 is 0 Å². The number of nitrogens with zero attached hydrogens (tertiary/aromatic N) is 3. The summed E-state index contributed by atoms with van der Waals surface area (Å²) in [6.45, 7) is 2.21. The van der Waals surface area contributed by atoms with Crippen LogP contribution in [0.5, 0.6) is 0 Å². The smallest absolute Gasteiger partial charge is 0.257 e. The molecule has 1 amide bonds. The lowest BCUT2D eigenvalue weighted by Crippen LogP contribution is -2.40. The van der Waals surface area contributed by atoms with Gasteiger partial charge in [0.25, 0.3) is 5.91 Å². The average molecular weight is 400 g/mol. The summed E-state index contributed by atoms with van der Waals surface area (Å²) in [6.07, 6.45) is 3.97. The van der Waals surface area contributed by atoms with Crippen molar-refractivity contribution in [1.29, 1.82) is 0 Å². The van der Waals surface area contributed by atoms with Crippen LogP contribution in [0.25, 0.3) is 0 Å². The monoisotopic (exact) mass is 399 g/mol. The van der Waals surface area contributed by atoms with E-state index < -0.39 is 0 Å². The minimum Gasteiger partial charge on any atom is -0.294 e. The van der Waals surface area contributed by atoms with Gasteiger partial charge in [0.15, 0.2) is 0 Å². The van der Waals surface area contributed by atoms with E-state index in [9.17, 15) is 9.18 Å². The van der Waals surface area contributed by atoms with E-state index in [0.717, 1.165) is 42.8 Å². The van der Waals surface area contributed by atoms with E-state index in [1.54, 1.807) is 6.07 Å². The Kier molecular flexibility index (Phi) is 5.74. The highest BCUT2D eigenvalue weighted by Crippen LogP contribution is 2.34. The van der Waals surface area contributed by atoms with Crippen molar-refractivity contribution in [2.75, 3.05) is 19.6 Å². The lowest BCUT2D eigenvalue weighted by molar-refractivity contribution is -0.134. The Labute approximate surface area is 169 Å². The summed E-state index contributed by atoms with van der Waals surface area (Å²) in [6, 6.07) is 13.6. The number of likely N-dealkylation sites (tertiary alicyclic amines) is 1. The maximum Gasteiger partial charge on any atom is 0.257 e. The van der Waals surface area contributed by atoms with Gasteiger partial charge in [-0.1, -0.05) is 48.4 Å². The number of carbonyl (C=O) groups excluding carboxylic acids is 1. The van der Waals surface area contributed by atoms with E-state index in [0.29, 0.717) is 18.0 Å². The van der Waals surface area contributed by atoms with Crippen molar-refractivity contribution in [3.8, 4) is 0 Å². The molecule has 146 valence electrons. The summed E-state index contributed by atoms with van der Waals surface area (Å²) in [7, 11) is 0. The second-order valence-electron chi connectivity index (χ2n) is 7.38. The second kappa shape index (κ2) is 8.41. The molecule has 1 atom stereocenters. The first-order valence-corrected chi connectivity index (χ1v) is 10.1. The Morgan fingerprint density at radius 3 is 2.64 bits per heavy atom. The molecule has 0 N–H and O–H groups in total. The maximum absolute atomic E-state index is 13.8. The van der Waals surface area contributed by atoms with Crippen molar-refractivity contribution in [2.45, 2.75) is 31.7 Å².